The monoisotopic (exact) mass is 406 g/mol. The van der Waals surface area contributed by atoms with Gasteiger partial charge in [-0.3, -0.25) is 9.78 Å². The fraction of sp³-hybridized carbons (Fsp3) is 0.409. The number of hydrogen-bond donors (Lipinski definition) is 3. The van der Waals surface area contributed by atoms with E-state index in [1.165, 1.54) is 0 Å². The summed E-state index contributed by atoms with van der Waals surface area (Å²) >= 11 is 0. The van der Waals surface area contributed by atoms with E-state index in [4.69, 9.17) is 14.7 Å². The number of nitrogens with one attached hydrogen (secondary N) is 3. The topological polar surface area (TPSA) is 95.2 Å². The number of para-hydroxylation sites is 1. The third kappa shape index (κ3) is 3.88. The summed E-state index contributed by atoms with van der Waals surface area (Å²) in [5.41, 5.74) is 1.79. The molecule has 3 aromatic rings. The van der Waals surface area contributed by atoms with Crippen molar-refractivity contribution >= 4 is 22.7 Å². The number of nitrogens with zero attached hydrogens (tertiary/aromatic N) is 3. The van der Waals surface area contributed by atoms with Crippen LogP contribution in [0.1, 0.15) is 12.8 Å². The zero-order valence-corrected chi connectivity index (χ0v) is 16.9. The highest BCUT2D eigenvalue weighted by molar-refractivity contribution is 5.83. The molecule has 2 fully saturated rings. The molecule has 0 saturated carbocycles. The number of piperidine rings is 1. The summed E-state index contributed by atoms with van der Waals surface area (Å²) in [7, 11) is 0. The lowest BCUT2D eigenvalue weighted by atomic mass is 10.1. The molecule has 1 atom stereocenters. The molecule has 0 radical (unpaired) electrons. The molecule has 0 amide bonds. The molecule has 4 heterocycles. The van der Waals surface area contributed by atoms with Gasteiger partial charge in [-0.2, -0.15) is 4.98 Å². The molecule has 2 aliphatic heterocycles. The highest BCUT2D eigenvalue weighted by Crippen LogP contribution is 2.26. The number of fused-ring (bicyclic) bond motifs is 1. The van der Waals surface area contributed by atoms with Gasteiger partial charge in [0.15, 0.2) is 0 Å². The van der Waals surface area contributed by atoms with Crippen molar-refractivity contribution in [3.63, 3.8) is 0 Å². The first kappa shape index (κ1) is 19.0. The van der Waals surface area contributed by atoms with Crippen molar-refractivity contribution in [3.05, 3.63) is 46.8 Å². The van der Waals surface area contributed by atoms with Gasteiger partial charge in [-0.25, -0.2) is 4.98 Å². The summed E-state index contributed by atoms with van der Waals surface area (Å²) in [6.45, 7) is 4.56. The Balaban J connectivity index is 1.58. The number of pyridine rings is 1. The first-order valence-corrected chi connectivity index (χ1v) is 10.6. The maximum absolute atomic E-state index is 13.2. The third-order valence-electron chi connectivity index (χ3n) is 5.71. The summed E-state index contributed by atoms with van der Waals surface area (Å²) in [6.07, 6.45) is 2.14. The van der Waals surface area contributed by atoms with Crippen LogP contribution in [0.25, 0.3) is 22.2 Å². The van der Waals surface area contributed by atoms with Crippen LogP contribution in [0.4, 0.5) is 11.8 Å². The van der Waals surface area contributed by atoms with E-state index in [-0.39, 0.29) is 11.6 Å². The van der Waals surface area contributed by atoms with Crippen molar-refractivity contribution < 1.29 is 4.74 Å². The van der Waals surface area contributed by atoms with Crippen molar-refractivity contribution in [2.45, 2.75) is 18.9 Å². The Bertz CT molecular complexity index is 1090. The molecular formula is C22H26N6O2. The van der Waals surface area contributed by atoms with Gasteiger partial charge >= 0.3 is 0 Å². The summed E-state index contributed by atoms with van der Waals surface area (Å²) in [5, 5.41) is 7.98. The summed E-state index contributed by atoms with van der Waals surface area (Å²) < 4.78 is 5.44. The van der Waals surface area contributed by atoms with Gasteiger partial charge in [-0.05, 0) is 31.5 Å². The lowest BCUT2D eigenvalue weighted by Gasteiger charge is -2.29. The number of rotatable bonds is 4. The molecule has 2 aromatic heterocycles. The Kier molecular flexibility index (Phi) is 5.33. The van der Waals surface area contributed by atoms with E-state index in [1.54, 1.807) is 0 Å². The molecule has 8 nitrogen and oxygen atoms in total. The smallest absolute Gasteiger partial charge is 0.263 e. The van der Waals surface area contributed by atoms with Crippen LogP contribution in [-0.4, -0.2) is 60.4 Å². The lowest BCUT2D eigenvalue weighted by Crippen LogP contribution is -2.40. The van der Waals surface area contributed by atoms with E-state index in [0.29, 0.717) is 49.3 Å². The number of H-pyrrole nitrogens is 1. The predicted octanol–water partition coefficient (Wildman–Crippen LogP) is 1.99. The van der Waals surface area contributed by atoms with Crippen LogP contribution in [0, 0.1) is 0 Å². The Morgan fingerprint density at radius 3 is 2.80 bits per heavy atom. The number of ether oxygens (including phenoxy) is 1. The average molecular weight is 406 g/mol. The van der Waals surface area contributed by atoms with Crippen molar-refractivity contribution in [1.29, 1.82) is 0 Å². The predicted molar refractivity (Wildman–Crippen MR) is 118 cm³/mol. The number of hydrogen-bond acceptors (Lipinski definition) is 7. The minimum atomic E-state index is -0.180. The number of aromatic nitrogens is 3. The number of anilines is 2. The van der Waals surface area contributed by atoms with Crippen molar-refractivity contribution in [2.75, 3.05) is 49.6 Å². The Labute approximate surface area is 174 Å². The fourth-order valence-electron chi connectivity index (χ4n) is 4.10. The quantitative estimate of drug-likeness (QED) is 0.610. The van der Waals surface area contributed by atoms with Crippen LogP contribution in [0.5, 0.6) is 0 Å². The second kappa shape index (κ2) is 8.41. The zero-order chi connectivity index (χ0) is 20.3. The van der Waals surface area contributed by atoms with Crippen molar-refractivity contribution in [1.82, 2.24) is 20.3 Å². The summed E-state index contributed by atoms with van der Waals surface area (Å²) in [4.78, 5) is 27.9. The van der Waals surface area contributed by atoms with Crippen LogP contribution in [0.15, 0.2) is 41.2 Å². The van der Waals surface area contributed by atoms with Gasteiger partial charge in [0.1, 0.15) is 11.4 Å². The van der Waals surface area contributed by atoms with E-state index in [2.05, 4.69) is 20.5 Å². The van der Waals surface area contributed by atoms with Crippen molar-refractivity contribution in [2.24, 2.45) is 0 Å². The van der Waals surface area contributed by atoms with E-state index >= 15 is 0 Å². The van der Waals surface area contributed by atoms with Gasteiger partial charge in [-0.1, -0.05) is 24.3 Å². The highest BCUT2D eigenvalue weighted by atomic mass is 16.5. The van der Waals surface area contributed by atoms with E-state index in [1.807, 2.05) is 36.4 Å². The Morgan fingerprint density at radius 1 is 1.10 bits per heavy atom. The maximum atomic E-state index is 13.2. The van der Waals surface area contributed by atoms with Crippen LogP contribution < -0.4 is 21.1 Å². The molecule has 1 aromatic carbocycles. The molecule has 0 spiro atoms. The number of morpholine rings is 1. The first-order chi connectivity index (χ1) is 14.8. The van der Waals surface area contributed by atoms with Crippen molar-refractivity contribution in [3.8, 4) is 11.3 Å². The molecule has 2 aliphatic rings. The second-order valence-corrected chi connectivity index (χ2v) is 7.79. The maximum Gasteiger partial charge on any atom is 0.263 e. The molecular weight excluding hydrogens is 380 g/mol. The SMILES string of the molecule is O=c1[nH]c(N2CCOCC2)nc(NC2CCCNC2)c1-c1ccc2ccccc2n1. The standard InChI is InChI=1S/C22H26N6O2/c29-21-19(18-8-7-15-4-1-2-6-17(15)25-18)20(24-16-5-3-9-23-14-16)26-22(27-21)28-10-12-30-13-11-28/h1-2,4,6-8,16,23H,3,5,9-14H2,(H2,24,26,27,29). The molecule has 156 valence electrons. The Morgan fingerprint density at radius 2 is 1.97 bits per heavy atom. The fourth-order valence-corrected chi connectivity index (χ4v) is 4.10. The second-order valence-electron chi connectivity index (χ2n) is 7.79. The summed E-state index contributed by atoms with van der Waals surface area (Å²) in [5.74, 6) is 1.18. The average Bonchev–Trinajstić information content (AvgIpc) is 2.80. The van der Waals surface area contributed by atoms with Crippen LogP contribution in [0.3, 0.4) is 0 Å². The van der Waals surface area contributed by atoms with Gasteiger partial charge in [0.2, 0.25) is 5.95 Å². The number of benzene rings is 1. The van der Waals surface area contributed by atoms with Crippen LogP contribution in [-0.2, 0) is 4.74 Å². The van der Waals surface area contributed by atoms with E-state index < -0.39 is 0 Å². The third-order valence-corrected chi connectivity index (χ3v) is 5.71. The van der Waals surface area contributed by atoms with Gasteiger partial charge in [-0.15, -0.1) is 0 Å². The molecule has 0 bridgehead atoms. The minimum absolute atomic E-state index is 0.180. The normalized spacial score (nSPS) is 19.7. The Hall–Kier alpha value is -2.97. The van der Waals surface area contributed by atoms with Crippen LogP contribution >= 0.6 is 0 Å². The van der Waals surface area contributed by atoms with Gasteiger partial charge in [0.25, 0.3) is 5.56 Å². The molecule has 5 rings (SSSR count). The molecule has 3 N–H and O–H groups in total. The van der Waals surface area contributed by atoms with Gasteiger partial charge < -0.3 is 20.3 Å². The molecule has 0 aliphatic carbocycles. The van der Waals surface area contributed by atoms with Crippen LogP contribution in [0.2, 0.25) is 0 Å². The van der Waals surface area contributed by atoms with E-state index in [9.17, 15) is 4.79 Å². The lowest BCUT2D eigenvalue weighted by molar-refractivity contribution is 0.122. The van der Waals surface area contributed by atoms with Gasteiger partial charge in [0.05, 0.1) is 24.4 Å². The molecule has 2 saturated heterocycles. The van der Waals surface area contributed by atoms with E-state index in [0.717, 1.165) is 36.8 Å². The zero-order valence-electron chi connectivity index (χ0n) is 16.9. The highest BCUT2D eigenvalue weighted by Gasteiger charge is 2.22. The van der Waals surface area contributed by atoms with Gasteiger partial charge in [0, 0.05) is 31.1 Å². The molecule has 1 unspecified atom stereocenters. The summed E-state index contributed by atoms with van der Waals surface area (Å²) in [6, 6.07) is 12.0. The largest absolute Gasteiger partial charge is 0.378 e. The minimum Gasteiger partial charge on any atom is -0.378 e. The molecule has 8 heteroatoms. The number of aromatic amines is 1. The first-order valence-electron chi connectivity index (χ1n) is 10.6. The molecule has 30 heavy (non-hydrogen) atoms.